The second-order valence-corrected chi connectivity index (χ2v) is 7.45. The SMILES string of the molecule is Cc1c(Cl)ccc2cc(C(=O)O)n([C@H](C)CNC(=O)OC(C)(C)C)c12. The number of amides is 1. The standard InChI is InChI=1S/C18H23ClN2O4/c1-10(9-20-17(24)25-18(3,4)5)21-14(16(22)23)8-12-6-7-13(19)11(2)15(12)21/h6-8,10H,9H2,1-5H3,(H,20,24)(H,22,23)/t10-/m1/s1. The Morgan fingerprint density at radius 1 is 1.36 bits per heavy atom. The van der Waals surface area contributed by atoms with E-state index in [2.05, 4.69) is 5.32 Å². The van der Waals surface area contributed by atoms with Crippen molar-refractivity contribution in [3.05, 3.63) is 34.5 Å². The van der Waals surface area contributed by atoms with Crippen LogP contribution >= 0.6 is 11.6 Å². The second-order valence-electron chi connectivity index (χ2n) is 7.05. The monoisotopic (exact) mass is 366 g/mol. The van der Waals surface area contributed by atoms with Crippen LogP contribution in [0.2, 0.25) is 5.02 Å². The summed E-state index contributed by atoms with van der Waals surface area (Å²) in [6, 6.07) is 4.86. The van der Waals surface area contributed by atoms with Gasteiger partial charge in [-0.25, -0.2) is 9.59 Å². The van der Waals surface area contributed by atoms with E-state index in [0.29, 0.717) is 5.02 Å². The third-order valence-electron chi connectivity index (χ3n) is 3.79. The molecule has 0 saturated carbocycles. The fourth-order valence-electron chi connectivity index (χ4n) is 2.73. The summed E-state index contributed by atoms with van der Waals surface area (Å²) in [4.78, 5) is 23.5. The highest BCUT2D eigenvalue weighted by molar-refractivity contribution is 6.32. The van der Waals surface area contributed by atoms with Crippen molar-refractivity contribution in [1.29, 1.82) is 0 Å². The third kappa shape index (κ3) is 4.25. The Labute approximate surface area is 151 Å². The van der Waals surface area contributed by atoms with Gasteiger partial charge in [-0.1, -0.05) is 17.7 Å². The van der Waals surface area contributed by atoms with Crippen LogP contribution in [0.5, 0.6) is 0 Å². The number of rotatable bonds is 4. The minimum absolute atomic E-state index is 0.152. The summed E-state index contributed by atoms with van der Waals surface area (Å²) in [5, 5.41) is 13.6. The molecule has 6 nitrogen and oxygen atoms in total. The summed E-state index contributed by atoms with van der Waals surface area (Å²) in [6.45, 7) is 9.26. The van der Waals surface area contributed by atoms with E-state index in [0.717, 1.165) is 16.5 Å². The molecule has 0 saturated heterocycles. The van der Waals surface area contributed by atoms with Crippen molar-refractivity contribution in [2.75, 3.05) is 6.54 Å². The maximum atomic E-state index is 11.9. The van der Waals surface area contributed by atoms with Crippen LogP contribution in [0.25, 0.3) is 10.9 Å². The number of nitrogens with one attached hydrogen (secondary N) is 1. The lowest BCUT2D eigenvalue weighted by Crippen LogP contribution is -2.35. The van der Waals surface area contributed by atoms with Crippen LogP contribution in [0, 0.1) is 6.92 Å². The van der Waals surface area contributed by atoms with E-state index < -0.39 is 17.7 Å². The summed E-state index contributed by atoms with van der Waals surface area (Å²) in [5.41, 5.74) is 1.11. The van der Waals surface area contributed by atoms with Crippen LogP contribution in [0.3, 0.4) is 0 Å². The van der Waals surface area contributed by atoms with Crippen molar-refractivity contribution in [2.24, 2.45) is 0 Å². The Kier molecular flexibility index (Phi) is 5.32. The molecule has 0 spiro atoms. The molecule has 1 atom stereocenters. The number of carbonyl (C=O) groups excluding carboxylic acids is 1. The molecule has 2 N–H and O–H groups in total. The molecule has 1 heterocycles. The van der Waals surface area contributed by atoms with Crippen LogP contribution in [0.4, 0.5) is 4.79 Å². The van der Waals surface area contributed by atoms with Crippen molar-refractivity contribution in [3.63, 3.8) is 0 Å². The number of halogens is 1. The Morgan fingerprint density at radius 2 is 2.00 bits per heavy atom. The topological polar surface area (TPSA) is 80.6 Å². The molecule has 7 heteroatoms. The average molecular weight is 367 g/mol. The highest BCUT2D eigenvalue weighted by atomic mass is 35.5. The zero-order chi connectivity index (χ0) is 18.9. The number of aryl methyl sites for hydroxylation is 1. The summed E-state index contributed by atoms with van der Waals surface area (Å²) >= 11 is 6.20. The Morgan fingerprint density at radius 3 is 2.56 bits per heavy atom. The van der Waals surface area contributed by atoms with Gasteiger partial charge in [-0.05, 0) is 52.3 Å². The summed E-state index contributed by atoms with van der Waals surface area (Å²) in [7, 11) is 0. The van der Waals surface area contributed by atoms with Crippen LogP contribution < -0.4 is 5.32 Å². The maximum Gasteiger partial charge on any atom is 0.407 e. The van der Waals surface area contributed by atoms with E-state index in [9.17, 15) is 14.7 Å². The van der Waals surface area contributed by atoms with Gasteiger partial charge in [0.05, 0.1) is 5.52 Å². The third-order valence-corrected chi connectivity index (χ3v) is 4.20. The van der Waals surface area contributed by atoms with Gasteiger partial charge in [0, 0.05) is 23.0 Å². The number of fused-ring (bicyclic) bond motifs is 1. The van der Waals surface area contributed by atoms with Gasteiger partial charge >= 0.3 is 12.1 Å². The first-order valence-electron chi connectivity index (χ1n) is 8.01. The molecule has 0 radical (unpaired) electrons. The molecular weight excluding hydrogens is 344 g/mol. The highest BCUT2D eigenvalue weighted by Crippen LogP contribution is 2.31. The zero-order valence-corrected chi connectivity index (χ0v) is 15.8. The molecule has 0 fully saturated rings. The first-order valence-corrected chi connectivity index (χ1v) is 8.39. The minimum Gasteiger partial charge on any atom is -0.477 e. The molecule has 2 aromatic rings. The number of ether oxygens (including phenoxy) is 1. The van der Waals surface area contributed by atoms with E-state index in [1.807, 2.05) is 13.8 Å². The van der Waals surface area contributed by atoms with Crippen molar-refractivity contribution in [2.45, 2.75) is 46.3 Å². The normalized spacial score (nSPS) is 12.9. The van der Waals surface area contributed by atoms with E-state index in [1.54, 1.807) is 43.5 Å². The van der Waals surface area contributed by atoms with E-state index in [1.165, 1.54) is 0 Å². The maximum absolute atomic E-state index is 11.9. The number of alkyl carbamates (subject to hydrolysis) is 1. The number of hydrogen-bond acceptors (Lipinski definition) is 3. The molecule has 2 rings (SSSR count). The van der Waals surface area contributed by atoms with Crippen molar-refractivity contribution < 1.29 is 19.4 Å². The fraction of sp³-hybridized carbons (Fsp3) is 0.444. The van der Waals surface area contributed by atoms with Crippen LogP contribution in [0.15, 0.2) is 18.2 Å². The summed E-state index contributed by atoms with van der Waals surface area (Å²) in [6.07, 6.45) is -0.539. The number of hydrogen-bond donors (Lipinski definition) is 2. The molecule has 0 unspecified atom stereocenters. The average Bonchev–Trinajstić information content (AvgIpc) is 2.87. The quantitative estimate of drug-likeness (QED) is 0.841. The van der Waals surface area contributed by atoms with Gasteiger partial charge in [0.1, 0.15) is 11.3 Å². The smallest absolute Gasteiger partial charge is 0.407 e. The van der Waals surface area contributed by atoms with Gasteiger partial charge < -0.3 is 19.7 Å². The van der Waals surface area contributed by atoms with Gasteiger partial charge in [0.25, 0.3) is 0 Å². The van der Waals surface area contributed by atoms with Gasteiger partial charge in [-0.2, -0.15) is 0 Å². The molecular formula is C18H23ClN2O4. The molecule has 136 valence electrons. The Bertz CT molecular complexity index is 821. The lowest BCUT2D eigenvalue weighted by atomic mass is 10.1. The number of aromatic nitrogens is 1. The molecule has 1 amide bonds. The van der Waals surface area contributed by atoms with E-state index in [-0.39, 0.29) is 18.3 Å². The second kappa shape index (κ2) is 6.96. The molecule has 1 aromatic carbocycles. The number of carbonyl (C=O) groups is 2. The Hall–Kier alpha value is -2.21. The van der Waals surface area contributed by atoms with Crippen molar-refractivity contribution in [1.82, 2.24) is 9.88 Å². The lowest BCUT2D eigenvalue weighted by Gasteiger charge is -2.22. The molecule has 0 aliphatic carbocycles. The van der Waals surface area contributed by atoms with Crippen LogP contribution in [-0.4, -0.2) is 33.9 Å². The summed E-state index contributed by atoms with van der Waals surface area (Å²) in [5.74, 6) is -1.03. The number of carboxylic acids is 1. The van der Waals surface area contributed by atoms with Crippen molar-refractivity contribution >= 4 is 34.6 Å². The minimum atomic E-state index is -1.03. The molecule has 0 aliphatic rings. The van der Waals surface area contributed by atoms with Gasteiger partial charge in [0.15, 0.2) is 0 Å². The predicted octanol–water partition coefficient (Wildman–Crippen LogP) is 4.39. The number of carboxylic acid groups (broad SMARTS) is 1. The zero-order valence-electron chi connectivity index (χ0n) is 15.0. The fourth-order valence-corrected chi connectivity index (χ4v) is 2.88. The number of benzene rings is 1. The molecule has 1 aromatic heterocycles. The largest absolute Gasteiger partial charge is 0.477 e. The van der Waals surface area contributed by atoms with Gasteiger partial charge in [-0.15, -0.1) is 0 Å². The number of aromatic carboxylic acids is 1. The van der Waals surface area contributed by atoms with Gasteiger partial charge in [0.2, 0.25) is 0 Å². The first-order chi connectivity index (χ1) is 11.5. The predicted molar refractivity (Wildman–Crippen MR) is 97.6 cm³/mol. The first kappa shape index (κ1) is 19.1. The van der Waals surface area contributed by atoms with Gasteiger partial charge in [-0.3, -0.25) is 0 Å². The molecule has 0 bridgehead atoms. The highest BCUT2D eigenvalue weighted by Gasteiger charge is 2.22. The lowest BCUT2D eigenvalue weighted by molar-refractivity contribution is 0.0521. The van der Waals surface area contributed by atoms with Crippen molar-refractivity contribution in [3.8, 4) is 0 Å². The van der Waals surface area contributed by atoms with E-state index >= 15 is 0 Å². The van der Waals surface area contributed by atoms with Crippen LogP contribution in [-0.2, 0) is 4.74 Å². The number of nitrogens with zero attached hydrogens (tertiary/aromatic N) is 1. The molecule has 0 aliphatic heterocycles. The van der Waals surface area contributed by atoms with E-state index in [4.69, 9.17) is 16.3 Å². The Balaban J connectivity index is 2.35. The van der Waals surface area contributed by atoms with Crippen LogP contribution in [0.1, 0.15) is 49.8 Å². The summed E-state index contributed by atoms with van der Waals surface area (Å²) < 4.78 is 6.91. The molecule has 25 heavy (non-hydrogen) atoms.